The first kappa shape index (κ1) is 22.9. The molecule has 0 radical (unpaired) electrons. The Morgan fingerprint density at radius 1 is 1.00 bits per heavy atom. The lowest BCUT2D eigenvalue weighted by molar-refractivity contribution is -0.139. The van der Waals surface area contributed by atoms with Gasteiger partial charge in [0.1, 0.15) is 11.5 Å². The summed E-state index contributed by atoms with van der Waals surface area (Å²) < 4.78 is 31.6. The molecule has 0 unspecified atom stereocenters. The van der Waals surface area contributed by atoms with Crippen molar-refractivity contribution in [2.45, 2.75) is 19.8 Å². The second kappa shape index (κ2) is 11.6. The normalized spacial score (nSPS) is 13.9. The number of amides is 1. The number of rotatable bonds is 10. The van der Waals surface area contributed by atoms with Gasteiger partial charge in [0.25, 0.3) is 5.91 Å². The lowest BCUT2D eigenvalue weighted by atomic mass is 9.93. The van der Waals surface area contributed by atoms with E-state index in [4.69, 9.17) is 28.4 Å². The summed E-state index contributed by atoms with van der Waals surface area (Å²) in [6.45, 7) is 3.73. The van der Waals surface area contributed by atoms with Crippen LogP contribution < -0.4 is 9.47 Å². The highest BCUT2D eigenvalue weighted by Crippen LogP contribution is 2.36. The average molecular weight is 411 g/mol. The van der Waals surface area contributed by atoms with Crippen LogP contribution in [0.3, 0.4) is 0 Å². The minimum atomic E-state index is -0.461. The van der Waals surface area contributed by atoms with Crippen molar-refractivity contribution < 1.29 is 38.0 Å². The van der Waals surface area contributed by atoms with Gasteiger partial charge in [-0.1, -0.05) is 6.92 Å². The molecule has 1 aliphatic heterocycles. The van der Waals surface area contributed by atoms with Crippen LogP contribution in [0.15, 0.2) is 6.07 Å². The zero-order chi connectivity index (χ0) is 21.2. The van der Waals surface area contributed by atoms with Crippen molar-refractivity contribution in [2.24, 2.45) is 0 Å². The molecule has 0 N–H and O–H groups in total. The summed E-state index contributed by atoms with van der Waals surface area (Å²) in [6.07, 6.45) is 0.456. The highest BCUT2D eigenvalue weighted by molar-refractivity contribution is 6.00. The van der Waals surface area contributed by atoms with Crippen molar-refractivity contribution in [1.82, 2.24) is 4.90 Å². The molecular formula is C20H29NO8. The molecule has 0 atom stereocenters. The number of nitrogens with zero attached hydrogens (tertiary/aromatic N) is 1. The first-order valence-corrected chi connectivity index (χ1v) is 9.43. The number of hydrogen-bond acceptors (Lipinski definition) is 8. The van der Waals surface area contributed by atoms with Crippen molar-refractivity contribution in [3.05, 3.63) is 22.8 Å². The third kappa shape index (κ3) is 5.81. The summed E-state index contributed by atoms with van der Waals surface area (Å²) in [5.74, 6) is 0.0760. The van der Waals surface area contributed by atoms with E-state index in [0.29, 0.717) is 49.6 Å². The zero-order valence-electron chi connectivity index (χ0n) is 17.4. The van der Waals surface area contributed by atoms with E-state index in [-0.39, 0.29) is 31.7 Å². The van der Waals surface area contributed by atoms with E-state index >= 15 is 0 Å². The first-order valence-electron chi connectivity index (χ1n) is 9.43. The molecule has 9 heteroatoms. The van der Waals surface area contributed by atoms with E-state index in [9.17, 15) is 9.59 Å². The Labute approximate surface area is 170 Å². The maximum absolute atomic E-state index is 13.4. The fourth-order valence-corrected chi connectivity index (χ4v) is 3.17. The van der Waals surface area contributed by atoms with E-state index in [1.807, 2.05) is 6.92 Å². The number of carbonyl (C=O) groups is 2. The third-order valence-corrected chi connectivity index (χ3v) is 4.55. The van der Waals surface area contributed by atoms with E-state index in [1.165, 1.54) is 21.3 Å². The molecular weight excluding hydrogens is 382 g/mol. The van der Waals surface area contributed by atoms with Crippen molar-refractivity contribution in [2.75, 3.05) is 61.2 Å². The molecule has 1 amide bonds. The van der Waals surface area contributed by atoms with Gasteiger partial charge in [0.2, 0.25) is 0 Å². The second-order valence-electron chi connectivity index (χ2n) is 6.32. The summed E-state index contributed by atoms with van der Waals surface area (Å²) >= 11 is 0. The first-order chi connectivity index (χ1) is 14.1. The van der Waals surface area contributed by atoms with Crippen LogP contribution in [-0.4, -0.2) is 78.0 Å². The third-order valence-electron chi connectivity index (χ3n) is 4.55. The van der Waals surface area contributed by atoms with Gasteiger partial charge in [-0.3, -0.25) is 9.59 Å². The molecule has 1 saturated heterocycles. The van der Waals surface area contributed by atoms with E-state index in [0.717, 1.165) is 5.56 Å². The quantitative estimate of drug-likeness (QED) is 0.421. The Morgan fingerprint density at radius 3 is 2.17 bits per heavy atom. The lowest BCUT2D eigenvalue weighted by Gasteiger charge is -2.29. The number of morpholine rings is 1. The molecule has 29 heavy (non-hydrogen) atoms. The molecule has 2 rings (SSSR count). The molecule has 0 aliphatic carbocycles. The van der Waals surface area contributed by atoms with Gasteiger partial charge in [-0.15, -0.1) is 0 Å². The smallest absolute Gasteiger partial charge is 0.310 e. The Kier molecular flexibility index (Phi) is 9.17. The zero-order valence-corrected chi connectivity index (χ0v) is 17.4. The SMILES string of the molecule is CCc1c(OCOC)cc(OCOC)c(C(=O)N2CCOCC2)c1CC(=O)OC. The molecule has 1 heterocycles. The predicted molar refractivity (Wildman–Crippen MR) is 103 cm³/mol. The van der Waals surface area contributed by atoms with Crippen LogP contribution in [-0.2, 0) is 36.6 Å². The van der Waals surface area contributed by atoms with E-state index in [2.05, 4.69) is 0 Å². The van der Waals surface area contributed by atoms with Gasteiger partial charge in [-0.05, 0) is 17.5 Å². The highest BCUT2D eigenvalue weighted by Gasteiger charge is 2.29. The average Bonchev–Trinajstić information content (AvgIpc) is 2.76. The Balaban J connectivity index is 2.62. The molecule has 1 fully saturated rings. The molecule has 0 saturated carbocycles. The van der Waals surface area contributed by atoms with E-state index < -0.39 is 5.97 Å². The van der Waals surface area contributed by atoms with Crippen LogP contribution in [0.4, 0.5) is 0 Å². The van der Waals surface area contributed by atoms with Gasteiger partial charge >= 0.3 is 5.97 Å². The molecule has 1 aromatic carbocycles. The van der Waals surface area contributed by atoms with Crippen LogP contribution in [0.25, 0.3) is 0 Å². The van der Waals surface area contributed by atoms with E-state index in [1.54, 1.807) is 11.0 Å². The number of hydrogen-bond donors (Lipinski definition) is 0. The lowest BCUT2D eigenvalue weighted by Crippen LogP contribution is -2.41. The standard InChI is InChI=1S/C20H29NO8/c1-5-14-15(10-18(22)26-4)19(20(23)21-6-8-27-9-7-21)17(29-13-25-3)11-16(14)28-12-24-2/h11H,5-10,12-13H2,1-4H3. The highest BCUT2D eigenvalue weighted by atomic mass is 16.7. The van der Waals surface area contributed by atoms with Gasteiger partial charge in [0.15, 0.2) is 13.6 Å². The number of esters is 1. The topological polar surface area (TPSA) is 92.8 Å². The van der Waals surface area contributed by atoms with Gasteiger partial charge in [-0.25, -0.2) is 0 Å². The molecule has 0 bridgehead atoms. The summed E-state index contributed by atoms with van der Waals surface area (Å²) in [7, 11) is 4.31. The molecule has 9 nitrogen and oxygen atoms in total. The number of carbonyl (C=O) groups excluding carboxylic acids is 2. The minimum Gasteiger partial charge on any atom is -0.469 e. The summed E-state index contributed by atoms with van der Waals surface area (Å²) in [6, 6.07) is 1.64. The predicted octanol–water partition coefficient (Wildman–Crippen LogP) is 1.40. The van der Waals surface area contributed by atoms with Gasteiger partial charge < -0.3 is 33.3 Å². The Hall–Kier alpha value is -2.36. The second-order valence-corrected chi connectivity index (χ2v) is 6.32. The van der Waals surface area contributed by atoms with Gasteiger partial charge in [0, 0.05) is 33.4 Å². The van der Waals surface area contributed by atoms with Crippen molar-refractivity contribution in [1.29, 1.82) is 0 Å². The van der Waals surface area contributed by atoms with Gasteiger partial charge in [-0.2, -0.15) is 0 Å². The van der Waals surface area contributed by atoms with Crippen LogP contribution >= 0.6 is 0 Å². The maximum Gasteiger partial charge on any atom is 0.310 e. The summed E-state index contributed by atoms with van der Waals surface area (Å²) in [5.41, 5.74) is 1.57. The van der Waals surface area contributed by atoms with Crippen molar-refractivity contribution in [3.8, 4) is 11.5 Å². The summed E-state index contributed by atoms with van der Waals surface area (Å²) in [4.78, 5) is 27.2. The largest absolute Gasteiger partial charge is 0.469 e. The van der Waals surface area contributed by atoms with Gasteiger partial charge in [0.05, 0.1) is 32.3 Å². The molecule has 1 aliphatic rings. The van der Waals surface area contributed by atoms with Crippen LogP contribution in [0.5, 0.6) is 11.5 Å². The molecule has 162 valence electrons. The fraction of sp³-hybridized carbons (Fsp3) is 0.600. The maximum atomic E-state index is 13.4. The minimum absolute atomic E-state index is 0.0190. The van der Waals surface area contributed by atoms with Crippen LogP contribution in [0, 0.1) is 0 Å². The Morgan fingerprint density at radius 2 is 1.62 bits per heavy atom. The van der Waals surface area contributed by atoms with Crippen LogP contribution in [0.2, 0.25) is 0 Å². The Bertz CT molecular complexity index is 700. The number of ether oxygens (including phenoxy) is 6. The molecule has 1 aromatic rings. The fourth-order valence-electron chi connectivity index (χ4n) is 3.17. The number of benzene rings is 1. The van der Waals surface area contributed by atoms with Crippen LogP contribution in [0.1, 0.15) is 28.4 Å². The summed E-state index contributed by atoms with van der Waals surface area (Å²) in [5, 5.41) is 0. The number of methoxy groups -OCH3 is 3. The van der Waals surface area contributed by atoms with Crippen molar-refractivity contribution in [3.63, 3.8) is 0 Å². The monoisotopic (exact) mass is 411 g/mol. The molecule has 0 aromatic heterocycles. The van der Waals surface area contributed by atoms with Crippen molar-refractivity contribution >= 4 is 11.9 Å². The molecule has 0 spiro atoms.